The Kier molecular flexibility index (Phi) is 6.74. The maximum atomic E-state index is 13.9. The summed E-state index contributed by atoms with van der Waals surface area (Å²) in [4.78, 5) is 6.76. The number of likely N-dealkylation sites (tertiary alicyclic amines) is 1. The molecule has 0 bridgehead atoms. The summed E-state index contributed by atoms with van der Waals surface area (Å²) in [7, 11) is 0. The van der Waals surface area contributed by atoms with E-state index in [4.69, 9.17) is 0 Å². The lowest BCUT2D eigenvalue weighted by atomic mass is 9.99. The fourth-order valence-corrected chi connectivity index (χ4v) is 4.57. The topological polar surface area (TPSA) is 68.6 Å². The quantitative estimate of drug-likeness (QED) is 0.531. The molecule has 0 saturated carbocycles. The van der Waals surface area contributed by atoms with Crippen LogP contribution < -0.4 is 5.32 Å². The van der Waals surface area contributed by atoms with Crippen molar-refractivity contribution in [2.45, 2.75) is 31.4 Å². The molecule has 1 aromatic heterocycles. The normalized spacial score (nSPS) is 19.7. The van der Waals surface area contributed by atoms with Crippen LogP contribution in [0.15, 0.2) is 53.9 Å². The number of aliphatic hydroxyl groups excluding tert-OH is 2. The number of benzene rings is 2. The molecule has 1 saturated heterocycles. The predicted molar refractivity (Wildman–Crippen MR) is 119 cm³/mol. The lowest BCUT2D eigenvalue weighted by Gasteiger charge is -2.36. The van der Waals surface area contributed by atoms with E-state index in [1.54, 1.807) is 18.2 Å². The Morgan fingerprint density at radius 1 is 1.17 bits per heavy atom. The zero-order valence-corrected chi connectivity index (χ0v) is 17.5. The highest BCUT2D eigenvalue weighted by molar-refractivity contribution is 7.14. The average molecular weight is 428 g/mol. The lowest BCUT2D eigenvalue weighted by Crippen LogP contribution is -2.47. The van der Waals surface area contributed by atoms with Crippen molar-refractivity contribution in [1.29, 1.82) is 0 Å². The number of hydrogen-bond donors (Lipinski definition) is 3. The van der Waals surface area contributed by atoms with Gasteiger partial charge in [-0.25, -0.2) is 9.37 Å². The maximum Gasteiger partial charge on any atom is 0.187 e. The van der Waals surface area contributed by atoms with Gasteiger partial charge in [0.05, 0.1) is 18.4 Å². The summed E-state index contributed by atoms with van der Waals surface area (Å²) in [5, 5.41) is 25.2. The molecule has 0 unspecified atom stereocenters. The molecule has 1 aliphatic rings. The van der Waals surface area contributed by atoms with Crippen molar-refractivity contribution < 1.29 is 14.6 Å². The first kappa shape index (κ1) is 20.9. The molecular weight excluding hydrogens is 401 g/mol. The third-order valence-corrected chi connectivity index (χ3v) is 6.33. The Balaban J connectivity index is 1.34. The molecule has 158 valence electrons. The molecular formula is C23H26FN3O2S. The maximum absolute atomic E-state index is 13.9. The number of anilines is 2. The van der Waals surface area contributed by atoms with Crippen molar-refractivity contribution in [2.75, 3.05) is 25.0 Å². The zero-order valence-electron chi connectivity index (χ0n) is 16.7. The van der Waals surface area contributed by atoms with Gasteiger partial charge in [-0.05, 0) is 49.1 Å². The molecule has 7 heteroatoms. The van der Waals surface area contributed by atoms with Crippen molar-refractivity contribution in [2.24, 2.45) is 0 Å². The van der Waals surface area contributed by atoms with E-state index in [2.05, 4.69) is 27.3 Å². The molecule has 2 atom stereocenters. The average Bonchev–Trinajstić information content (AvgIpc) is 3.22. The smallest absolute Gasteiger partial charge is 0.187 e. The van der Waals surface area contributed by atoms with Crippen LogP contribution in [0.3, 0.4) is 0 Å². The standard InChI is InChI=1S/C23H26FN3O2S/c24-21-4-2-1-3-20(21)22-15-30-23(26-22)25-17-7-5-16(6-8-17)9-11-27-12-10-19(29)13-18(27)14-28/h1-8,15,18-19,28-29H,9-14H2,(H,25,26)/t18-,19+/m1/s1. The Bertz CT molecular complexity index is 963. The molecule has 2 heterocycles. The first-order valence-corrected chi connectivity index (χ1v) is 11.1. The van der Waals surface area contributed by atoms with Crippen molar-refractivity contribution in [1.82, 2.24) is 9.88 Å². The van der Waals surface area contributed by atoms with E-state index in [9.17, 15) is 14.6 Å². The van der Waals surface area contributed by atoms with Crippen molar-refractivity contribution in [3.63, 3.8) is 0 Å². The molecule has 3 aromatic rings. The van der Waals surface area contributed by atoms with Gasteiger partial charge in [0.2, 0.25) is 0 Å². The van der Waals surface area contributed by atoms with Crippen molar-refractivity contribution >= 4 is 22.2 Å². The Hall–Kier alpha value is -2.32. The Morgan fingerprint density at radius 2 is 1.97 bits per heavy atom. The first-order valence-electron chi connectivity index (χ1n) is 10.2. The van der Waals surface area contributed by atoms with Gasteiger partial charge in [-0.3, -0.25) is 4.90 Å². The van der Waals surface area contributed by atoms with Gasteiger partial charge >= 0.3 is 0 Å². The number of thiazole rings is 1. The molecule has 5 nitrogen and oxygen atoms in total. The third-order valence-electron chi connectivity index (χ3n) is 5.57. The van der Waals surface area contributed by atoms with Crippen LogP contribution in [0.1, 0.15) is 18.4 Å². The minimum absolute atomic E-state index is 0.0447. The second kappa shape index (κ2) is 9.66. The number of aliphatic hydroxyl groups is 2. The van der Waals surface area contributed by atoms with E-state index in [-0.39, 0.29) is 24.6 Å². The second-order valence-electron chi connectivity index (χ2n) is 7.64. The summed E-state index contributed by atoms with van der Waals surface area (Å²) in [6.07, 6.45) is 2.00. The summed E-state index contributed by atoms with van der Waals surface area (Å²) >= 11 is 1.44. The lowest BCUT2D eigenvalue weighted by molar-refractivity contribution is 0.0177. The molecule has 1 aliphatic heterocycles. The fourth-order valence-electron chi connectivity index (χ4n) is 3.84. The molecule has 3 N–H and O–H groups in total. The van der Waals surface area contributed by atoms with Gasteiger partial charge in [-0.15, -0.1) is 11.3 Å². The zero-order chi connectivity index (χ0) is 20.9. The first-order chi connectivity index (χ1) is 14.6. The number of nitrogens with zero attached hydrogens (tertiary/aromatic N) is 2. The molecule has 0 spiro atoms. The largest absolute Gasteiger partial charge is 0.395 e. The van der Waals surface area contributed by atoms with Crippen molar-refractivity contribution in [3.8, 4) is 11.3 Å². The summed E-state index contributed by atoms with van der Waals surface area (Å²) < 4.78 is 13.9. The van der Waals surface area contributed by atoms with Gasteiger partial charge in [0.15, 0.2) is 5.13 Å². The number of rotatable bonds is 7. The van der Waals surface area contributed by atoms with Gasteiger partial charge in [0, 0.05) is 35.8 Å². The molecule has 1 fully saturated rings. The highest BCUT2D eigenvalue weighted by Gasteiger charge is 2.26. The number of piperidine rings is 1. The van der Waals surface area contributed by atoms with Crippen LogP contribution in [0.4, 0.5) is 15.2 Å². The third kappa shape index (κ3) is 5.05. The summed E-state index contributed by atoms with van der Waals surface area (Å²) in [5.41, 5.74) is 3.28. The van der Waals surface area contributed by atoms with Gasteiger partial charge in [-0.1, -0.05) is 24.3 Å². The van der Waals surface area contributed by atoms with Crippen LogP contribution in [-0.4, -0.2) is 51.9 Å². The van der Waals surface area contributed by atoms with Crippen LogP contribution in [-0.2, 0) is 6.42 Å². The van der Waals surface area contributed by atoms with E-state index >= 15 is 0 Å². The summed E-state index contributed by atoms with van der Waals surface area (Å²) in [6, 6.07) is 14.9. The number of halogens is 1. The summed E-state index contributed by atoms with van der Waals surface area (Å²) in [6.45, 7) is 1.77. The van der Waals surface area contributed by atoms with Crippen LogP contribution >= 0.6 is 11.3 Å². The van der Waals surface area contributed by atoms with Gasteiger partial charge < -0.3 is 15.5 Å². The molecule has 0 amide bonds. The highest BCUT2D eigenvalue weighted by atomic mass is 32.1. The molecule has 0 aliphatic carbocycles. The van der Waals surface area contributed by atoms with Gasteiger partial charge in [0.25, 0.3) is 0 Å². The van der Waals surface area contributed by atoms with Gasteiger partial charge in [-0.2, -0.15) is 0 Å². The molecule has 2 aromatic carbocycles. The highest BCUT2D eigenvalue weighted by Crippen LogP contribution is 2.28. The van der Waals surface area contributed by atoms with Gasteiger partial charge in [0.1, 0.15) is 5.82 Å². The fraction of sp³-hybridized carbons (Fsp3) is 0.348. The number of hydrogen-bond acceptors (Lipinski definition) is 6. The molecule has 30 heavy (non-hydrogen) atoms. The van der Waals surface area contributed by atoms with E-state index in [1.165, 1.54) is 23.0 Å². The Labute approximate surface area is 179 Å². The Morgan fingerprint density at radius 3 is 2.73 bits per heavy atom. The van der Waals surface area contributed by atoms with E-state index in [0.717, 1.165) is 36.8 Å². The predicted octanol–water partition coefficient (Wildman–Crippen LogP) is 4.05. The van der Waals surface area contributed by atoms with E-state index in [0.29, 0.717) is 17.7 Å². The monoisotopic (exact) mass is 427 g/mol. The van der Waals surface area contributed by atoms with Crippen LogP contribution in [0.2, 0.25) is 0 Å². The van der Waals surface area contributed by atoms with Crippen LogP contribution in [0, 0.1) is 5.82 Å². The summed E-state index contributed by atoms with van der Waals surface area (Å²) in [5.74, 6) is -0.273. The minimum atomic E-state index is -0.298. The molecule has 4 rings (SSSR count). The molecule has 0 radical (unpaired) electrons. The SMILES string of the molecule is OC[C@H]1C[C@@H](O)CCN1CCc1ccc(Nc2nc(-c3ccccc3F)cs2)cc1. The van der Waals surface area contributed by atoms with Crippen LogP contribution in [0.25, 0.3) is 11.3 Å². The van der Waals surface area contributed by atoms with Crippen molar-refractivity contribution in [3.05, 3.63) is 65.3 Å². The second-order valence-corrected chi connectivity index (χ2v) is 8.50. The van der Waals surface area contributed by atoms with E-state index in [1.807, 2.05) is 17.5 Å². The minimum Gasteiger partial charge on any atom is -0.395 e. The van der Waals surface area contributed by atoms with Crippen LogP contribution in [0.5, 0.6) is 0 Å². The van der Waals surface area contributed by atoms with E-state index < -0.39 is 0 Å². The number of nitrogens with one attached hydrogen (secondary N) is 1. The number of aromatic nitrogens is 1.